The maximum atomic E-state index is 14.2. The van der Waals surface area contributed by atoms with Gasteiger partial charge in [0.2, 0.25) is 0 Å². The average molecular weight is 435 g/mol. The van der Waals surface area contributed by atoms with Gasteiger partial charge in [0.25, 0.3) is 5.91 Å². The Kier molecular flexibility index (Phi) is 5.55. The number of amides is 1. The third kappa shape index (κ3) is 3.77. The van der Waals surface area contributed by atoms with Gasteiger partial charge in [-0.15, -0.1) is 0 Å². The van der Waals surface area contributed by atoms with Crippen molar-refractivity contribution in [3.63, 3.8) is 0 Å². The highest BCUT2D eigenvalue weighted by molar-refractivity contribution is 6.08. The van der Waals surface area contributed by atoms with E-state index in [1.54, 1.807) is 25.1 Å². The number of nitrogens with one attached hydrogen (secondary N) is 1. The van der Waals surface area contributed by atoms with Crippen molar-refractivity contribution in [3.8, 4) is 22.6 Å². The second kappa shape index (κ2) is 8.19. The van der Waals surface area contributed by atoms with Gasteiger partial charge in [-0.1, -0.05) is 24.3 Å². The van der Waals surface area contributed by atoms with E-state index < -0.39 is 5.54 Å². The van der Waals surface area contributed by atoms with Crippen molar-refractivity contribution in [3.05, 3.63) is 71.5 Å². The first-order valence-electron chi connectivity index (χ1n) is 10.5. The molecule has 3 aromatic carbocycles. The zero-order chi connectivity index (χ0) is 23.0. The molecule has 32 heavy (non-hydrogen) atoms. The van der Waals surface area contributed by atoms with E-state index in [0.29, 0.717) is 17.0 Å². The van der Waals surface area contributed by atoms with E-state index in [9.17, 15) is 9.18 Å². The number of fused-ring (bicyclic) bond motifs is 1. The minimum Gasteiger partial charge on any atom is -0.496 e. The number of halogens is 1. The number of likely N-dealkylation sites (N-methyl/N-ethyl adjacent to an activating group) is 1. The molecule has 1 aliphatic heterocycles. The van der Waals surface area contributed by atoms with Gasteiger partial charge in [-0.3, -0.25) is 4.79 Å². The highest BCUT2D eigenvalue weighted by Crippen LogP contribution is 2.44. The molecule has 0 saturated carbocycles. The average Bonchev–Trinajstić information content (AvgIpc) is 2.76. The lowest BCUT2D eigenvalue weighted by atomic mass is 9.91. The van der Waals surface area contributed by atoms with Crippen LogP contribution in [-0.2, 0) is 11.4 Å². The van der Waals surface area contributed by atoms with Crippen LogP contribution >= 0.6 is 0 Å². The first-order chi connectivity index (χ1) is 15.2. The Balaban J connectivity index is 1.90. The van der Waals surface area contributed by atoms with E-state index in [-0.39, 0.29) is 18.3 Å². The zero-order valence-corrected chi connectivity index (χ0v) is 19.0. The van der Waals surface area contributed by atoms with Gasteiger partial charge in [0, 0.05) is 18.2 Å². The van der Waals surface area contributed by atoms with Crippen molar-refractivity contribution in [1.29, 1.82) is 0 Å². The fourth-order valence-electron chi connectivity index (χ4n) is 4.19. The number of anilines is 2. The van der Waals surface area contributed by atoms with Gasteiger partial charge >= 0.3 is 0 Å². The van der Waals surface area contributed by atoms with Crippen LogP contribution < -0.4 is 19.7 Å². The molecule has 0 unspecified atom stereocenters. The molecule has 0 radical (unpaired) electrons. The summed E-state index contributed by atoms with van der Waals surface area (Å²) in [6.07, 6.45) is 0. The number of benzene rings is 3. The second-order valence-corrected chi connectivity index (χ2v) is 8.50. The predicted molar refractivity (Wildman–Crippen MR) is 125 cm³/mol. The third-order valence-electron chi connectivity index (χ3n) is 5.82. The number of nitrogens with zero attached hydrogens (tertiary/aromatic N) is 1. The van der Waals surface area contributed by atoms with Crippen LogP contribution in [0.1, 0.15) is 25.0 Å². The lowest BCUT2D eigenvalue weighted by molar-refractivity contribution is -0.121. The second-order valence-electron chi connectivity index (χ2n) is 8.50. The van der Waals surface area contributed by atoms with Gasteiger partial charge in [0.05, 0.1) is 18.5 Å². The number of para-hydroxylation sites is 1. The van der Waals surface area contributed by atoms with Crippen LogP contribution in [0.15, 0.2) is 54.6 Å². The molecule has 0 fully saturated rings. The number of hydrogen-bond donors (Lipinski definition) is 1. The molecule has 0 bridgehead atoms. The molecule has 1 aliphatic rings. The fourth-order valence-corrected chi connectivity index (χ4v) is 4.19. The van der Waals surface area contributed by atoms with E-state index >= 15 is 0 Å². The maximum Gasteiger partial charge on any atom is 0.251 e. The van der Waals surface area contributed by atoms with Crippen LogP contribution in [0.25, 0.3) is 11.1 Å². The van der Waals surface area contributed by atoms with Gasteiger partial charge in [-0.25, -0.2) is 4.39 Å². The Bertz CT molecular complexity index is 1190. The molecule has 0 atom stereocenters. The molecule has 0 aliphatic carbocycles. The largest absolute Gasteiger partial charge is 0.496 e. The van der Waals surface area contributed by atoms with Gasteiger partial charge < -0.3 is 19.7 Å². The van der Waals surface area contributed by atoms with Gasteiger partial charge in [0.15, 0.2) is 0 Å². The van der Waals surface area contributed by atoms with E-state index in [0.717, 1.165) is 28.1 Å². The Labute approximate surface area is 187 Å². The molecule has 1 N–H and O–H groups in total. The summed E-state index contributed by atoms with van der Waals surface area (Å²) >= 11 is 0. The Morgan fingerprint density at radius 1 is 1.03 bits per heavy atom. The van der Waals surface area contributed by atoms with Crippen LogP contribution in [0.2, 0.25) is 0 Å². The van der Waals surface area contributed by atoms with Crippen molar-refractivity contribution in [2.75, 3.05) is 24.4 Å². The summed E-state index contributed by atoms with van der Waals surface area (Å²) in [5.74, 6) is 0.861. The van der Waals surface area contributed by atoms with Crippen molar-refractivity contribution in [2.24, 2.45) is 0 Å². The van der Waals surface area contributed by atoms with E-state index in [4.69, 9.17) is 9.47 Å². The Morgan fingerprint density at radius 2 is 1.78 bits per heavy atom. The van der Waals surface area contributed by atoms with Gasteiger partial charge in [0.1, 0.15) is 29.5 Å². The summed E-state index contributed by atoms with van der Waals surface area (Å²) < 4.78 is 25.9. The molecule has 166 valence electrons. The monoisotopic (exact) mass is 434 g/mol. The fraction of sp³-hybridized carbons (Fsp3) is 0.269. The molecular weight excluding hydrogens is 407 g/mol. The van der Waals surface area contributed by atoms with Crippen molar-refractivity contribution in [1.82, 2.24) is 0 Å². The molecule has 0 aromatic heterocycles. The number of rotatable bonds is 5. The number of ether oxygens (including phenoxy) is 2. The first-order valence-corrected chi connectivity index (χ1v) is 10.5. The van der Waals surface area contributed by atoms with E-state index in [1.165, 1.54) is 12.1 Å². The maximum absolute atomic E-state index is 14.2. The molecule has 0 spiro atoms. The van der Waals surface area contributed by atoms with Crippen LogP contribution in [-0.4, -0.2) is 25.6 Å². The van der Waals surface area contributed by atoms with Crippen LogP contribution in [0, 0.1) is 12.7 Å². The molecule has 0 saturated heterocycles. The molecule has 4 rings (SSSR count). The Morgan fingerprint density at radius 3 is 2.50 bits per heavy atom. The molecule has 3 aromatic rings. The topological polar surface area (TPSA) is 50.8 Å². The van der Waals surface area contributed by atoms with Crippen molar-refractivity contribution < 1.29 is 18.7 Å². The molecule has 1 amide bonds. The number of carbonyl (C=O) groups excluding carboxylic acids is 1. The normalized spacial score (nSPS) is 14.6. The summed E-state index contributed by atoms with van der Waals surface area (Å²) in [5.41, 5.74) is 3.92. The highest BCUT2D eigenvalue weighted by atomic mass is 19.1. The standard InChI is InChI=1S/C26H27FN2O3/c1-16-8-6-7-9-22(16)32-15-20-18(19-14-17(27)10-13-23(19)31-5)11-12-21-24(20)29(4)25(30)26(2,3)28-21/h6-14,28H,15H2,1-5H3. The molecular formula is C26H27FN2O3. The van der Waals surface area contributed by atoms with Crippen molar-refractivity contribution >= 4 is 17.3 Å². The minimum absolute atomic E-state index is 0.0644. The SMILES string of the molecule is COc1ccc(F)cc1-c1ccc2c(c1COc1ccccc1C)N(C)C(=O)C(C)(C)N2. The van der Waals surface area contributed by atoms with Crippen LogP contribution in [0.5, 0.6) is 11.5 Å². The summed E-state index contributed by atoms with van der Waals surface area (Å²) in [6, 6.07) is 16.0. The predicted octanol–water partition coefficient (Wildman–Crippen LogP) is 5.56. The minimum atomic E-state index is -0.742. The lowest BCUT2D eigenvalue weighted by Crippen LogP contribution is -2.52. The smallest absolute Gasteiger partial charge is 0.251 e. The molecule has 5 nitrogen and oxygen atoms in total. The third-order valence-corrected chi connectivity index (χ3v) is 5.82. The molecule has 1 heterocycles. The summed E-state index contributed by atoms with van der Waals surface area (Å²) in [5, 5.41) is 3.33. The highest BCUT2D eigenvalue weighted by Gasteiger charge is 2.38. The van der Waals surface area contributed by atoms with Crippen molar-refractivity contribution in [2.45, 2.75) is 32.9 Å². The number of carbonyl (C=O) groups is 1. The van der Waals surface area contributed by atoms with E-state index in [2.05, 4.69) is 5.32 Å². The molecule has 6 heteroatoms. The van der Waals surface area contributed by atoms with Gasteiger partial charge in [-0.05, 0) is 62.2 Å². The number of aryl methyl sites for hydroxylation is 1. The lowest BCUT2D eigenvalue weighted by Gasteiger charge is -2.39. The quantitative estimate of drug-likeness (QED) is 0.572. The van der Waals surface area contributed by atoms with Crippen LogP contribution in [0.3, 0.4) is 0 Å². The summed E-state index contributed by atoms with van der Waals surface area (Å²) in [7, 11) is 3.31. The number of hydrogen-bond acceptors (Lipinski definition) is 4. The zero-order valence-electron chi connectivity index (χ0n) is 19.0. The first kappa shape index (κ1) is 21.7. The van der Waals surface area contributed by atoms with Crippen LogP contribution in [0.4, 0.5) is 15.8 Å². The summed E-state index contributed by atoms with van der Waals surface area (Å²) in [6.45, 7) is 5.87. The Hall–Kier alpha value is -3.54. The van der Waals surface area contributed by atoms with E-state index in [1.807, 2.05) is 57.2 Å². The summed E-state index contributed by atoms with van der Waals surface area (Å²) in [4.78, 5) is 14.7. The van der Waals surface area contributed by atoms with Gasteiger partial charge in [-0.2, -0.15) is 0 Å². The number of methoxy groups -OCH3 is 1.